The lowest BCUT2D eigenvalue weighted by molar-refractivity contribution is -0.105. The Kier molecular flexibility index (Phi) is 6.08. The lowest BCUT2D eigenvalue weighted by Gasteiger charge is -2.23. The van der Waals surface area contributed by atoms with E-state index in [1.807, 2.05) is 0 Å². The molecule has 1 atom stereocenters. The molecule has 1 fully saturated rings. The maximum absolute atomic E-state index is 14.0. The van der Waals surface area contributed by atoms with Gasteiger partial charge in [0.15, 0.2) is 17.9 Å². The first kappa shape index (κ1) is 18.2. The Morgan fingerprint density at radius 2 is 1.85 bits per heavy atom. The molecule has 0 aliphatic carbocycles. The largest absolute Gasteiger partial charge is 0.491 e. The summed E-state index contributed by atoms with van der Waals surface area (Å²) >= 11 is 0. The molecule has 2 aromatic rings. The van der Waals surface area contributed by atoms with E-state index in [1.165, 1.54) is 12.1 Å². The predicted molar refractivity (Wildman–Crippen MR) is 94.2 cm³/mol. The van der Waals surface area contributed by atoms with Gasteiger partial charge < -0.3 is 14.2 Å². The summed E-state index contributed by atoms with van der Waals surface area (Å²) in [6.07, 6.45) is 2.83. The van der Waals surface area contributed by atoms with Gasteiger partial charge in [-0.05, 0) is 56.2 Å². The Labute approximate surface area is 151 Å². The summed E-state index contributed by atoms with van der Waals surface area (Å²) in [4.78, 5) is 0. The van der Waals surface area contributed by atoms with Crippen LogP contribution in [0.25, 0.3) is 0 Å². The minimum Gasteiger partial charge on any atom is -0.491 e. The summed E-state index contributed by atoms with van der Waals surface area (Å²) in [6.45, 7) is 2.69. The molecule has 0 amide bonds. The van der Waals surface area contributed by atoms with Crippen molar-refractivity contribution in [1.82, 2.24) is 0 Å². The molecule has 0 N–H and O–H groups in total. The molecular weight excluding hydrogens is 338 g/mol. The van der Waals surface area contributed by atoms with Crippen LogP contribution in [0.4, 0.5) is 8.78 Å². The van der Waals surface area contributed by atoms with Crippen LogP contribution in [0.2, 0.25) is 0 Å². The van der Waals surface area contributed by atoms with E-state index >= 15 is 0 Å². The first-order valence-corrected chi connectivity index (χ1v) is 8.68. The highest BCUT2D eigenvalue weighted by Crippen LogP contribution is 2.23. The van der Waals surface area contributed by atoms with E-state index in [-0.39, 0.29) is 24.2 Å². The van der Waals surface area contributed by atoms with Crippen LogP contribution in [0.15, 0.2) is 36.4 Å². The van der Waals surface area contributed by atoms with E-state index in [0.717, 1.165) is 25.9 Å². The van der Waals surface area contributed by atoms with E-state index in [9.17, 15) is 8.78 Å². The van der Waals surface area contributed by atoms with E-state index in [2.05, 4.69) is 11.8 Å². The molecule has 1 aliphatic rings. The van der Waals surface area contributed by atoms with Crippen molar-refractivity contribution in [2.24, 2.45) is 0 Å². The highest BCUT2D eigenvalue weighted by atomic mass is 19.2. The van der Waals surface area contributed by atoms with Gasteiger partial charge in [-0.15, -0.1) is 0 Å². The molecule has 0 radical (unpaired) electrons. The Bertz CT molecular complexity index is 800. The smallest absolute Gasteiger partial charge is 0.201 e. The van der Waals surface area contributed by atoms with Crippen molar-refractivity contribution in [1.29, 1.82) is 0 Å². The highest BCUT2D eigenvalue weighted by molar-refractivity contribution is 5.46. The topological polar surface area (TPSA) is 27.7 Å². The summed E-state index contributed by atoms with van der Waals surface area (Å²) in [5, 5.41) is 0. The second-order valence-corrected chi connectivity index (χ2v) is 5.86. The number of halogens is 2. The zero-order valence-corrected chi connectivity index (χ0v) is 14.6. The van der Waals surface area contributed by atoms with Crippen molar-refractivity contribution in [2.45, 2.75) is 32.5 Å². The maximum atomic E-state index is 14.0. The van der Waals surface area contributed by atoms with Crippen molar-refractivity contribution in [3.8, 4) is 23.3 Å². The van der Waals surface area contributed by atoms with E-state index in [1.54, 1.807) is 31.2 Å². The van der Waals surface area contributed by atoms with Gasteiger partial charge in [-0.3, -0.25) is 0 Å². The van der Waals surface area contributed by atoms with Crippen molar-refractivity contribution in [3.05, 3.63) is 59.2 Å². The monoisotopic (exact) mass is 358 g/mol. The van der Waals surface area contributed by atoms with Crippen LogP contribution >= 0.6 is 0 Å². The second-order valence-electron chi connectivity index (χ2n) is 5.86. The van der Waals surface area contributed by atoms with Crippen LogP contribution in [0, 0.1) is 23.5 Å². The Balaban J connectivity index is 1.69. The van der Waals surface area contributed by atoms with Gasteiger partial charge in [-0.25, -0.2) is 4.39 Å². The summed E-state index contributed by atoms with van der Waals surface area (Å²) in [5.41, 5.74) is 0.664. The molecular formula is C21H20F2O3. The fourth-order valence-corrected chi connectivity index (χ4v) is 2.61. The molecule has 136 valence electrons. The highest BCUT2D eigenvalue weighted by Gasteiger charge is 2.15. The van der Waals surface area contributed by atoms with Crippen LogP contribution < -0.4 is 9.47 Å². The van der Waals surface area contributed by atoms with Crippen molar-refractivity contribution in [2.75, 3.05) is 13.2 Å². The maximum Gasteiger partial charge on any atom is 0.201 e. The molecule has 0 spiro atoms. The first-order chi connectivity index (χ1) is 12.7. The Hall–Kier alpha value is -2.58. The molecule has 1 saturated heterocycles. The molecule has 3 rings (SSSR count). The van der Waals surface area contributed by atoms with Crippen molar-refractivity contribution < 1.29 is 23.0 Å². The average molecular weight is 358 g/mol. The Morgan fingerprint density at radius 1 is 1.04 bits per heavy atom. The normalized spacial score (nSPS) is 16.5. The minimum atomic E-state index is -1.02. The van der Waals surface area contributed by atoms with Gasteiger partial charge in [0.2, 0.25) is 5.82 Å². The van der Waals surface area contributed by atoms with Crippen molar-refractivity contribution in [3.63, 3.8) is 0 Å². The van der Waals surface area contributed by atoms with Gasteiger partial charge in [0.05, 0.1) is 18.8 Å². The minimum absolute atomic E-state index is 0.0121. The fraction of sp³-hybridized carbons (Fsp3) is 0.333. The third-order valence-corrected chi connectivity index (χ3v) is 3.95. The summed E-state index contributed by atoms with van der Waals surface area (Å²) in [7, 11) is 0. The van der Waals surface area contributed by atoms with Gasteiger partial charge in [0.25, 0.3) is 0 Å². The molecule has 2 aromatic carbocycles. The molecule has 3 nitrogen and oxygen atoms in total. The number of benzene rings is 2. The van der Waals surface area contributed by atoms with Gasteiger partial charge >= 0.3 is 0 Å². The molecule has 0 aromatic heterocycles. The standard InChI is InChI=1S/C21H20F2O3/c1-2-24-18-13-10-16(20(22)21(18)23)9-6-15-7-11-17(12-8-15)26-19-5-3-4-14-25-19/h7-8,10-13,19H,2-5,14H2,1H3. The van der Waals surface area contributed by atoms with E-state index < -0.39 is 11.6 Å². The predicted octanol–water partition coefficient (Wildman–Crippen LogP) is 4.67. The van der Waals surface area contributed by atoms with Gasteiger partial charge in [-0.2, -0.15) is 4.39 Å². The molecule has 1 aliphatic heterocycles. The summed E-state index contributed by atoms with van der Waals surface area (Å²) < 4.78 is 44.2. The quantitative estimate of drug-likeness (QED) is 0.744. The summed E-state index contributed by atoms with van der Waals surface area (Å²) in [6, 6.07) is 9.91. The van der Waals surface area contributed by atoms with Crippen LogP contribution in [-0.2, 0) is 4.74 Å². The molecule has 0 saturated carbocycles. The average Bonchev–Trinajstić information content (AvgIpc) is 2.67. The van der Waals surface area contributed by atoms with E-state index in [0.29, 0.717) is 11.3 Å². The van der Waals surface area contributed by atoms with E-state index in [4.69, 9.17) is 14.2 Å². The lowest BCUT2D eigenvalue weighted by atomic mass is 10.1. The van der Waals surface area contributed by atoms with Crippen LogP contribution in [0.3, 0.4) is 0 Å². The van der Waals surface area contributed by atoms with Gasteiger partial charge in [0.1, 0.15) is 5.75 Å². The number of rotatable bonds is 4. The van der Waals surface area contributed by atoms with Crippen LogP contribution in [0.1, 0.15) is 37.3 Å². The molecule has 26 heavy (non-hydrogen) atoms. The van der Waals surface area contributed by atoms with Crippen LogP contribution in [-0.4, -0.2) is 19.5 Å². The van der Waals surface area contributed by atoms with Gasteiger partial charge in [-0.1, -0.05) is 11.8 Å². The zero-order chi connectivity index (χ0) is 18.4. The Morgan fingerprint density at radius 3 is 2.54 bits per heavy atom. The molecule has 1 heterocycles. The molecule has 0 bridgehead atoms. The van der Waals surface area contributed by atoms with Crippen LogP contribution in [0.5, 0.6) is 11.5 Å². The third kappa shape index (κ3) is 4.53. The fourth-order valence-electron chi connectivity index (χ4n) is 2.61. The summed E-state index contributed by atoms with van der Waals surface area (Å²) in [5.74, 6) is 4.05. The number of hydrogen-bond acceptors (Lipinski definition) is 3. The third-order valence-electron chi connectivity index (χ3n) is 3.95. The van der Waals surface area contributed by atoms with Gasteiger partial charge in [0, 0.05) is 12.0 Å². The van der Waals surface area contributed by atoms with Crippen molar-refractivity contribution >= 4 is 0 Å². The molecule has 5 heteroatoms. The number of ether oxygens (including phenoxy) is 3. The zero-order valence-electron chi connectivity index (χ0n) is 14.6. The number of hydrogen-bond donors (Lipinski definition) is 0. The molecule has 1 unspecified atom stereocenters. The SMILES string of the molecule is CCOc1ccc(C#Cc2ccc(OC3CCCCO3)cc2)c(F)c1F. The first-order valence-electron chi connectivity index (χ1n) is 8.68. The second kappa shape index (κ2) is 8.68. The lowest BCUT2D eigenvalue weighted by Crippen LogP contribution is -2.24.